The number of likely N-dealkylation sites (tertiary alicyclic amines) is 1. The lowest BCUT2D eigenvalue weighted by molar-refractivity contribution is 0.177. The molecule has 0 radical (unpaired) electrons. The molecule has 1 saturated carbocycles. The number of hydrogen-bond donors (Lipinski definition) is 1. The minimum Gasteiger partial charge on any atom is -0.328 e. The molecule has 0 unspecified atom stereocenters. The van der Waals surface area contributed by atoms with Gasteiger partial charge in [0.15, 0.2) is 0 Å². The molecule has 3 nitrogen and oxygen atoms in total. The van der Waals surface area contributed by atoms with Gasteiger partial charge in [-0.25, -0.2) is 0 Å². The second-order valence-electron chi connectivity index (χ2n) is 6.09. The lowest BCUT2D eigenvalue weighted by atomic mass is 10.1. The first-order valence-corrected chi connectivity index (χ1v) is 7.40. The quantitative estimate of drug-likeness (QED) is 0.790. The summed E-state index contributed by atoms with van der Waals surface area (Å²) in [7, 11) is 2.29. The Morgan fingerprint density at radius 2 is 1.76 bits per heavy atom. The molecule has 1 aliphatic heterocycles. The van der Waals surface area contributed by atoms with Gasteiger partial charge < -0.3 is 15.5 Å². The lowest BCUT2D eigenvalue weighted by Gasteiger charge is -2.31. The van der Waals surface area contributed by atoms with Crippen LogP contribution in [0.1, 0.15) is 38.5 Å². The van der Waals surface area contributed by atoms with Crippen LogP contribution < -0.4 is 5.73 Å². The molecule has 17 heavy (non-hydrogen) atoms. The van der Waals surface area contributed by atoms with Crippen LogP contribution in [0.3, 0.4) is 0 Å². The summed E-state index contributed by atoms with van der Waals surface area (Å²) in [5.74, 6) is 0.981. The maximum Gasteiger partial charge on any atom is 0.0109 e. The second kappa shape index (κ2) is 6.72. The van der Waals surface area contributed by atoms with Crippen LogP contribution in [0.15, 0.2) is 0 Å². The van der Waals surface area contributed by atoms with Crippen molar-refractivity contribution in [2.75, 3.05) is 39.8 Å². The molecule has 0 aromatic carbocycles. The Morgan fingerprint density at radius 3 is 2.41 bits per heavy atom. The van der Waals surface area contributed by atoms with E-state index in [9.17, 15) is 0 Å². The zero-order valence-electron chi connectivity index (χ0n) is 11.4. The van der Waals surface area contributed by atoms with Crippen LogP contribution in [-0.2, 0) is 0 Å². The van der Waals surface area contributed by atoms with Crippen molar-refractivity contribution < 1.29 is 0 Å². The summed E-state index contributed by atoms with van der Waals surface area (Å²) in [6.45, 7) is 6.19. The van der Waals surface area contributed by atoms with Gasteiger partial charge in [-0.15, -0.1) is 0 Å². The molecule has 0 aromatic heterocycles. The fraction of sp³-hybridized carbons (Fsp3) is 1.00. The Labute approximate surface area is 106 Å². The third-order valence-corrected chi connectivity index (χ3v) is 4.47. The number of piperidine rings is 1. The molecular formula is C14H29N3. The van der Waals surface area contributed by atoms with Gasteiger partial charge in [-0.3, -0.25) is 0 Å². The van der Waals surface area contributed by atoms with Crippen molar-refractivity contribution >= 4 is 0 Å². The van der Waals surface area contributed by atoms with Gasteiger partial charge in [0.1, 0.15) is 0 Å². The highest BCUT2D eigenvalue weighted by Gasteiger charge is 2.18. The van der Waals surface area contributed by atoms with Crippen molar-refractivity contribution in [1.29, 1.82) is 0 Å². The number of likely N-dealkylation sites (N-methyl/N-ethyl adjacent to an activating group) is 1. The number of rotatable bonds is 5. The standard InChI is InChI=1S/C14H29N3/c1-16(12-13-4-2-3-5-13)10-11-17-8-6-14(15)7-9-17/h13-14H,2-12,15H2,1H3. The molecule has 0 spiro atoms. The largest absolute Gasteiger partial charge is 0.328 e. The third kappa shape index (κ3) is 4.57. The first-order chi connectivity index (χ1) is 8.24. The summed E-state index contributed by atoms with van der Waals surface area (Å²) in [5.41, 5.74) is 5.92. The highest BCUT2D eigenvalue weighted by Crippen LogP contribution is 2.25. The first-order valence-electron chi connectivity index (χ1n) is 7.40. The topological polar surface area (TPSA) is 32.5 Å². The predicted molar refractivity (Wildman–Crippen MR) is 73.1 cm³/mol. The molecule has 2 aliphatic rings. The van der Waals surface area contributed by atoms with E-state index in [0.29, 0.717) is 6.04 Å². The summed E-state index contributed by atoms with van der Waals surface area (Å²) in [6, 6.07) is 0.461. The summed E-state index contributed by atoms with van der Waals surface area (Å²) < 4.78 is 0. The van der Waals surface area contributed by atoms with Gasteiger partial charge in [-0.1, -0.05) is 12.8 Å². The number of hydrogen-bond acceptors (Lipinski definition) is 3. The van der Waals surface area contributed by atoms with Crippen molar-refractivity contribution in [2.24, 2.45) is 11.7 Å². The molecule has 2 fully saturated rings. The zero-order chi connectivity index (χ0) is 12.1. The average Bonchev–Trinajstić information content (AvgIpc) is 2.81. The second-order valence-corrected chi connectivity index (χ2v) is 6.09. The van der Waals surface area contributed by atoms with E-state index >= 15 is 0 Å². The molecule has 0 atom stereocenters. The van der Waals surface area contributed by atoms with Crippen molar-refractivity contribution in [3.05, 3.63) is 0 Å². The Bertz CT molecular complexity index is 206. The van der Waals surface area contributed by atoms with Gasteiger partial charge >= 0.3 is 0 Å². The smallest absolute Gasteiger partial charge is 0.0109 e. The van der Waals surface area contributed by atoms with Crippen LogP contribution in [0.25, 0.3) is 0 Å². The molecule has 0 aromatic rings. The fourth-order valence-electron chi connectivity index (χ4n) is 3.21. The van der Waals surface area contributed by atoms with Crippen LogP contribution in [0.2, 0.25) is 0 Å². The van der Waals surface area contributed by atoms with Crippen LogP contribution in [0, 0.1) is 5.92 Å². The van der Waals surface area contributed by atoms with E-state index < -0.39 is 0 Å². The average molecular weight is 239 g/mol. The maximum atomic E-state index is 5.92. The minimum absolute atomic E-state index is 0.461. The van der Waals surface area contributed by atoms with Crippen molar-refractivity contribution in [1.82, 2.24) is 9.80 Å². The maximum absolute atomic E-state index is 5.92. The lowest BCUT2D eigenvalue weighted by Crippen LogP contribution is -2.43. The Hall–Kier alpha value is -0.120. The van der Waals surface area contributed by atoms with Gasteiger partial charge in [0.05, 0.1) is 0 Å². The van der Waals surface area contributed by atoms with E-state index in [1.165, 1.54) is 71.2 Å². The SMILES string of the molecule is CN(CCN1CCC(N)CC1)CC1CCCC1. The minimum atomic E-state index is 0.461. The Morgan fingerprint density at radius 1 is 1.12 bits per heavy atom. The highest BCUT2D eigenvalue weighted by atomic mass is 15.2. The zero-order valence-corrected chi connectivity index (χ0v) is 11.4. The summed E-state index contributed by atoms with van der Waals surface area (Å²) >= 11 is 0. The Balaban J connectivity index is 1.57. The normalized spacial score (nSPS) is 24.9. The number of nitrogens with two attached hydrogens (primary N) is 1. The molecule has 100 valence electrons. The summed E-state index contributed by atoms with van der Waals surface area (Å²) in [5, 5.41) is 0. The molecular weight excluding hydrogens is 210 g/mol. The monoisotopic (exact) mass is 239 g/mol. The Kier molecular flexibility index (Phi) is 5.26. The van der Waals surface area contributed by atoms with Crippen molar-refractivity contribution in [2.45, 2.75) is 44.6 Å². The van der Waals surface area contributed by atoms with Gasteiger partial charge in [0.25, 0.3) is 0 Å². The third-order valence-electron chi connectivity index (χ3n) is 4.47. The van der Waals surface area contributed by atoms with Crippen LogP contribution in [0.4, 0.5) is 0 Å². The highest BCUT2D eigenvalue weighted by molar-refractivity contribution is 4.75. The predicted octanol–water partition coefficient (Wildman–Crippen LogP) is 1.53. The molecule has 1 saturated heterocycles. The van der Waals surface area contributed by atoms with Crippen LogP contribution >= 0.6 is 0 Å². The number of nitrogens with zero attached hydrogens (tertiary/aromatic N) is 2. The van der Waals surface area contributed by atoms with Gasteiger partial charge in [-0.05, 0) is 51.7 Å². The molecule has 2 N–H and O–H groups in total. The summed E-state index contributed by atoms with van der Waals surface area (Å²) in [4.78, 5) is 5.11. The van der Waals surface area contributed by atoms with Crippen LogP contribution in [0.5, 0.6) is 0 Å². The van der Waals surface area contributed by atoms with Gasteiger partial charge in [-0.2, -0.15) is 0 Å². The van der Waals surface area contributed by atoms with Gasteiger partial charge in [0, 0.05) is 25.7 Å². The summed E-state index contributed by atoms with van der Waals surface area (Å²) in [6.07, 6.45) is 8.22. The van der Waals surface area contributed by atoms with E-state index in [4.69, 9.17) is 5.73 Å². The van der Waals surface area contributed by atoms with E-state index in [-0.39, 0.29) is 0 Å². The molecule has 0 amide bonds. The first kappa shape index (κ1) is 13.3. The van der Waals surface area contributed by atoms with Crippen LogP contribution in [-0.4, -0.2) is 55.6 Å². The molecule has 2 rings (SSSR count). The van der Waals surface area contributed by atoms with Crippen molar-refractivity contribution in [3.63, 3.8) is 0 Å². The van der Waals surface area contributed by atoms with Crippen molar-refractivity contribution in [3.8, 4) is 0 Å². The molecule has 0 bridgehead atoms. The molecule has 1 heterocycles. The fourth-order valence-corrected chi connectivity index (χ4v) is 3.21. The van der Waals surface area contributed by atoms with E-state index in [1.807, 2.05) is 0 Å². The van der Waals surface area contributed by atoms with E-state index in [1.54, 1.807) is 0 Å². The van der Waals surface area contributed by atoms with Gasteiger partial charge in [0.2, 0.25) is 0 Å². The molecule has 3 heteroatoms. The van der Waals surface area contributed by atoms with E-state index in [2.05, 4.69) is 16.8 Å². The molecule has 1 aliphatic carbocycles. The van der Waals surface area contributed by atoms with E-state index in [0.717, 1.165) is 5.92 Å².